The molecule has 1 unspecified atom stereocenters. The van der Waals surface area contributed by atoms with Crippen molar-refractivity contribution in [2.75, 3.05) is 7.11 Å². The quantitative estimate of drug-likeness (QED) is 0.481. The number of hydrogen-bond acceptors (Lipinski definition) is 4. The molecule has 1 aliphatic rings. The van der Waals surface area contributed by atoms with Gasteiger partial charge >= 0.3 is 0 Å². The summed E-state index contributed by atoms with van der Waals surface area (Å²) < 4.78 is 6.03. The van der Waals surface area contributed by atoms with Crippen molar-refractivity contribution in [3.05, 3.63) is 69.7 Å². The molecule has 0 radical (unpaired) electrons. The predicted molar refractivity (Wildman–Crippen MR) is 92.6 cm³/mol. The molecule has 2 aromatic rings. The van der Waals surface area contributed by atoms with Gasteiger partial charge in [0.2, 0.25) is 0 Å². The Morgan fingerprint density at radius 3 is 2.54 bits per heavy atom. The standard InChI is InChI=1S/C18H14BrNO4/c1-24-13-4-2-3-11(9-13)15-14(17(22)18(23)20-15)16(21)10-5-7-12(19)8-6-10/h2-9,15,21H,1H3,(H,20,23)/b16-14+. The van der Waals surface area contributed by atoms with Crippen LogP contribution in [-0.4, -0.2) is 23.9 Å². The zero-order chi connectivity index (χ0) is 17.3. The predicted octanol–water partition coefficient (Wildman–Crippen LogP) is 3.17. The summed E-state index contributed by atoms with van der Waals surface area (Å²) in [6.07, 6.45) is 0. The number of aliphatic hydroxyl groups excluding tert-OH is 1. The maximum Gasteiger partial charge on any atom is 0.293 e. The second-order valence-corrected chi connectivity index (χ2v) is 6.20. The first-order valence-corrected chi connectivity index (χ1v) is 7.98. The van der Waals surface area contributed by atoms with E-state index < -0.39 is 17.7 Å². The van der Waals surface area contributed by atoms with E-state index in [9.17, 15) is 14.7 Å². The zero-order valence-electron chi connectivity index (χ0n) is 12.7. The van der Waals surface area contributed by atoms with Gasteiger partial charge in [-0.3, -0.25) is 9.59 Å². The molecule has 1 aliphatic heterocycles. The number of benzene rings is 2. The number of halogens is 1. The Hall–Kier alpha value is -2.60. The monoisotopic (exact) mass is 387 g/mol. The molecule has 2 aromatic carbocycles. The van der Waals surface area contributed by atoms with E-state index in [1.807, 2.05) is 0 Å². The molecule has 1 fully saturated rings. The number of aliphatic hydroxyl groups is 1. The van der Waals surface area contributed by atoms with Crippen LogP contribution in [0.15, 0.2) is 58.6 Å². The SMILES string of the molecule is COc1cccc(C2NC(=O)C(=O)/C2=C(/O)c2ccc(Br)cc2)c1. The molecular weight excluding hydrogens is 374 g/mol. The molecular formula is C18H14BrNO4. The van der Waals surface area contributed by atoms with Crippen LogP contribution in [0.2, 0.25) is 0 Å². The van der Waals surface area contributed by atoms with Crippen molar-refractivity contribution in [3.8, 4) is 5.75 Å². The van der Waals surface area contributed by atoms with Crippen molar-refractivity contribution >= 4 is 33.4 Å². The summed E-state index contributed by atoms with van der Waals surface area (Å²) in [4.78, 5) is 24.1. The first-order valence-electron chi connectivity index (χ1n) is 7.19. The van der Waals surface area contributed by atoms with Crippen molar-refractivity contribution < 1.29 is 19.4 Å². The first-order chi connectivity index (χ1) is 11.5. The average molecular weight is 388 g/mol. The van der Waals surface area contributed by atoms with Gasteiger partial charge in [0.1, 0.15) is 11.5 Å². The van der Waals surface area contributed by atoms with Crippen LogP contribution >= 0.6 is 15.9 Å². The highest BCUT2D eigenvalue weighted by atomic mass is 79.9. The van der Waals surface area contributed by atoms with Gasteiger partial charge in [-0.1, -0.05) is 40.2 Å². The lowest BCUT2D eigenvalue weighted by Gasteiger charge is -2.14. The Morgan fingerprint density at radius 2 is 1.88 bits per heavy atom. The normalized spacial score (nSPS) is 19.2. The minimum Gasteiger partial charge on any atom is -0.507 e. The minimum atomic E-state index is -0.735. The topological polar surface area (TPSA) is 75.6 Å². The number of rotatable bonds is 3. The number of ether oxygens (including phenoxy) is 1. The number of amides is 1. The van der Waals surface area contributed by atoms with Gasteiger partial charge in [0.05, 0.1) is 18.7 Å². The average Bonchev–Trinajstić information content (AvgIpc) is 2.90. The van der Waals surface area contributed by atoms with E-state index in [0.29, 0.717) is 16.9 Å². The Morgan fingerprint density at radius 1 is 1.17 bits per heavy atom. The second kappa shape index (κ2) is 6.49. The van der Waals surface area contributed by atoms with Crippen LogP contribution < -0.4 is 10.1 Å². The fraction of sp³-hybridized carbons (Fsp3) is 0.111. The molecule has 6 heteroatoms. The van der Waals surface area contributed by atoms with Gasteiger partial charge in [0.25, 0.3) is 11.7 Å². The van der Waals surface area contributed by atoms with Crippen LogP contribution in [-0.2, 0) is 9.59 Å². The molecule has 1 amide bonds. The number of ketones is 1. The maximum absolute atomic E-state index is 12.3. The highest BCUT2D eigenvalue weighted by molar-refractivity contribution is 9.10. The summed E-state index contributed by atoms with van der Waals surface area (Å²) in [5.74, 6) is -1.08. The summed E-state index contributed by atoms with van der Waals surface area (Å²) in [5, 5.41) is 13.2. The molecule has 0 saturated carbocycles. The third-order valence-corrected chi connectivity index (χ3v) is 4.34. The van der Waals surface area contributed by atoms with Crippen molar-refractivity contribution in [1.82, 2.24) is 5.32 Å². The molecule has 0 aromatic heterocycles. The van der Waals surface area contributed by atoms with Crippen LogP contribution in [0.1, 0.15) is 17.2 Å². The summed E-state index contributed by atoms with van der Waals surface area (Å²) in [7, 11) is 1.54. The summed E-state index contributed by atoms with van der Waals surface area (Å²) in [6, 6.07) is 13.1. The Kier molecular flexibility index (Phi) is 4.40. The fourth-order valence-electron chi connectivity index (χ4n) is 2.60. The molecule has 0 aliphatic carbocycles. The van der Waals surface area contributed by atoms with Crippen LogP contribution in [0.25, 0.3) is 5.76 Å². The van der Waals surface area contributed by atoms with Gasteiger partial charge < -0.3 is 15.2 Å². The van der Waals surface area contributed by atoms with E-state index in [1.165, 1.54) is 7.11 Å². The van der Waals surface area contributed by atoms with E-state index in [1.54, 1.807) is 48.5 Å². The van der Waals surface area contributed by atoms with Gasteiger partial charge in [-0.25, -0.2) is 0 Å². The van der Waals surface area contributed by atoms with Crippen molar-refractivity contribution in [1.29, 1.82) is 0 Å². The highest BCUT2D eigenvalue weighted by Crippen LogP contribution is 2.34. The molecule has 1 saturated heterocycles. The van der Waals surface area contributed by atoms with E-state index >= 15 is 0 Å². The van der Waals surface area contributed by atoms with Gasteiger partial charge in [-0.05, 0) is 29.8 Å². The molecule has 1 atom stereocenters. The molecule has 0 spiro atoms. The summed E-state index contributed by atoms with van der Waals surface area (Å²) >= 11 is 3.32. The number of carbonyl (C=O) groups is 2. The Bertz CT molecular complexity index is 842. The summed E-state index contributed by atoms with van der Waals surface area (Å²) in [5.41, 5.74) is 1.16. The molecule has 0 bridgehead atoms. The van der Waals surface area contributed by atoms with Crippen molar-refractivity contribution in [2.45, 2.75) is 6.04 Å². The van der Waals surface area contributed by atoms with Crippen LogP contribution in [0.5, 0.6) is 5.75 Å². The van der Waals surface area contributed by atoms with E-state index in [4.69, 9.17) is 4.74 Å². The Balaban J connectivity index is 2.11. The number of nitrogens with one attached hydrogen (secondary N) is 1. The number of methoxy groups -OCH3 is 1. The lowest BCUT2D eigenvalue weighted by Crippen LogP contribution is -2.21. The van der Waals surface area contributed by atoms with E-state index in [-0.39, 0.29) is 11.3 Å². The van der Waals surface area contributed by atoms with Gasteiger partial charge in [0.15, 0.2) is 0 Å². The Labute approximate surface area is 147 Å². The smallest absolute Gasteiger partial charge is 0.293 e. The van der Waals surface area contributed by atoms with Gasteiger partial charge in [-0.15, -0.1) is 0 Å². The molecule has 2 N–H and O–H groups in total. The molecule has 122 valence electrons. The van der Waals surface area contributed by atoms with Crippen LogP contribution in [0.4, 0.5) is 0 Å². The van der Waals surface area contributed by atoms with Crippen molar-refractivity contribution in [2.24, 2.45) is 0 Å². The lowest BCUT2D eigenvalue weighted by atomic mass is 9.96. The largest absolute Gasteiger partial charge is 0.507 e. The minimum absolute atomic E-state index is 0.0376. The molecule has 3 rings (SSSR count). The maximum atomic E-state index is 12.3. The third-order valence-electron chi connectivity index (χ3n) is 3.81. The molecule has 24 heavy (non-hydrogen) atoms. The summed E-state index contributed by atoms with van der Waals surface area (Å²) in [6.45, 7) is 0. The fourth-order valence-corrected chi connectivity index (χ4v) is 2.87. The van der Waals surface area contributed by atoms with E-state index in [2.05, 4.69) is 21.2 Å². The van der Waals surface area contributed by atoms with Gasteiger partial charge in [-0.2, -0.15) is 0 Å². The first kappa shape index (κ1) is 16.3. The van der Waals surface area contributed by atoms with Crippen molar-refractivity contribution in [3.63, 3.8) is 0 Å². The van der Waals surface area contributed by atoms with E-state index in [0.717, 1.165) is 4.47 Å². The second-order valence-electron chi connectivity index (χ2n) is 5.28. The molecule has 1 heterocycles. The lowest BCUT2D eigenvalue weighted by molar-refractivity contribution is -0.133. The van der Waals surface area contributed by atoms with Crippen LogP contribution in [0, 0.1) is 0 Å². The third kappa shape index (κ3) is 2.92. The molecule has 5 nitrogen and oxygen atoms in total. The number of hydrogen-bond donors (Lipinski definition) is 2. The van der Waals surface area contributed by atoms with Crippen LogP contribution in [0.3, 0.4) is 0 Å². The highest BCUT2D eigenvalue weighted by Gasteiger charge is 2.39. The number of Topliss-reactive ketones (excluding diaryl/α,β-unsaturated/α-hetero) is 1. The number of carbonyl (C=O) groups excluding carboxylic acids is 2. The zero-order valence-corrected chi connectivity index (χ0v) is 14.3. The van der Waals surface area contributed by atoms with Gasteiger partial charge in [0, 0.05) is 10.0 Å².